The Hall–Kier alpha value is -1.35. The number of hydrogen-bond acceptors (Lipinski definition) is 3. The maximum absolute atomic E-state index is 12.4. The predicted molar refractivity (Wildman–Crippen MR) is 86.0 cm³/mol. The highest BCUT2D eigenvalue weighted by molar-refractivity contribution is 5.97. The number of Topliss-reactive ketones (excluding diaryl/α,β-unsaturated/α-hetero) is 1. The smallest absolute Gasteiger partial charge is 0.176 e. The Labute approximate surface area is 128 Å². The molecule has 2 rings (SSSR count). The van der Waals surface area contributed by atoms with Gasteiger partial charge in [-0.25, -0.2) is 0 Å². The van der Waals surface area contributed by atoms with Gasteiger partial charge >= 0.3 is 0 Å². The average Bonchev–Trinajstić information content (AvgIpc) is 2.61. The summed E-state index contributed by atoms with van der Waals surface area (Å²) in [6.07, 6.45) is 3.61. The summed E-state index contributed by atoms with van der Waals surface area (Å²) in [5.41, 5.74) is 1.19. The molecular formula is C18H27NO2. The molecule has 0 amide bonds. The van der Waals surface area contributed by atoms with E-state index in [9.17, 15) is 4.79 Å². The molecule has 0 atom stereocenters. The van der Waals surface area contributed by atoms with E-state index >= 15 is 0 Å². The van der Waals surface area contributed by atoms with Gasteiger partial charge in [0.25, 0.3) is 0 Å². The number of rotatable bonds is 5. The summed E-state index contributed by atoms with van der Waals surface area (Å²) in [6, 6.07) is 7.49. The van der Waals surface area contributed by atoms with Gasteiger partial charge in [0.1, 0.15) is 5.75 Å². The molecule has 3 nitrogen and oxygen atoms in total. The van der Waals surface area contributed by atoms with Crippen molar-refractivity contribution in [1.82, 2.24) is 4.90 Å². The van der Waals surface area contributed by atoms with E-state index in [1.807, 2.05) is 31.2 Å². The number of ketones is 1. The summed E-state index contributed by atoms with van der Waals surface area (Å²) >= 11 is 0. The normalized spacial score (nSPS) is 19.0. The summed E-state index contributed by atoms with van der Waals surface area (Å²) in [5, 5.41) is 0. The van der Waals surface area contributed by atoms with Crippen molar-refractivity contribution in [2.45, 2.75) is 40.0 Å². The van der Waals surface area contributed by atoms with Crippen molar-refractivity contribution >= 4 is 5.78 Å². The van der Waals surface area contributed by atoms with Crippen LogP contribution in [0.3, 0.4) is 0 Å². The Morgan fingerprint density at radius 3 is 2.57 bits per heavy atom. The van der Waals surface area contributed by atoms with Crippen LogP contribution in [-0.2, 0) is 0 Å². The monoisotopic (exact) mass is 289 g/mol. The third kappa shape index (κ3) is 4.85. The molecule has 0 N–H and O–H groups in total. The van der Waals surface area contributed by atoms with Crippen LogP contribution in [-0.4, -0.2) is 36.9 Å². The van der Waals surface area contributed by atoms with Crippen LogP contribution in [0, 0.1) is 5.41 Å². The van der Waals surface area contributed by atoms with E-state index in [0.29, 0.717) is 18.6 Å². The topological polar surface area (TPSA) is 29.5 Å². The molecule has 1 aliphatic rings. The first kappa shape index (κ1) is 16.0. The van der Waals surface area contributed by atoms with Crippen LogP contribution < -0.4 is 4.74 Å². The molecule has 1 fully saturated rings. The Balaban J connectivity index is 1.91. The zero-order chi connectivity index (χ0) is 15.3. The van der Waals surface area contributed by atoms with Crippen LogP contribution in [0.5, 0.6) is 5.75 Å². The summed E-state index contributed by atoms with van der Waals surface area (Å²) in [5.74, 6) is 1.03. The van der Waals surface area contributed by atoms with E-state index in [-0.39, 0.29) is 5.78 Å². The second-order valence-corrected chi connectivity index (χ2v) is 6.67. The fourth-order valence-electron chi connectivity index (χ4n) is 2.84. The molecule has 0 saturated carbocycles. The van der Waals surface area contributed by atoms with E-state index in [2.05, 4.69) is 18.7 Å². The van der Waals surface area contributed by atoms with Crippen molar-refractivity contribution < 1.29 is 9.53 Å². The van der Waals surface area contributed by atoms with Gasteiger partial charge in [0.05, 0.1) is 13.2 Å². The predicted octanol–water partition coefficient (Wildman–Crippen LogP) is 3.78. The minimum Gasteiger partial charge on any atom is -0.494 e. The van der Waals surface area contributed by atoms with Crippen LogP contribution in [0.4, 0.5) is 0 Å². The van der Waals surface area contributed by atoms with Crippen LogP contribution >= 0.6 is 0 Å². The lowest BCUT2D eigenvalue weighted by Gasteiger charge is -2.22. The molecule has 0 aliphatic carbocycles. The second kappa shape index (κ2) is 7.08. The number of carbonyl (C=O) groups excluding carboxylic acids is 1. The number of carbonyl (C=O) groups is 1. The molecule has 0 aromatic heterocycles. The van der Waals surface area contributed by atoms with Gasteiger partial charge in [-0.2, -0.15) is 0 Å². The SMILES string of the molecule is CCOc1ccc(C(=O)CN2CCCC(C)(C)CC2)cc1. The third-order valence-electron chi connectivity index (χ3n) is 4.29. The molecule has 0 radical (unpaired) electrons. The van der Waals surface area contributed by atoms with Crippen molar-refractivity contribution in [2.75, 3.05) is 26.2 Å². The average molecular weight is 289 g/mol. The minimum absolute atomic E-state index is 0.206. The number of ether oxygens (including phenoxy) is 1. The van der Waals surface area contributed by atoms with Gasteiger partial charge in [0.2, 0.25) is 0 Å². The van der Waals surface area contributed by atoms with Crippen molar-refractivity contribution in [3.05, 3.63) is 29.8 Å². The molecule has 21 heavy (non-hydrogen) atoms. The highest BCUT2D eigenvalue weighted by atomic mass is 16.5. The first-order chi connectivity index (χ1) is 10.00. The number of likely N-dealkylation sites (tertiary alicyclic amines) is 1. The van der Waals surface area contributed by atoms with E-state index < -0.39 is 0 Å². The first-order valence-electron chi connectivity index (χ1n) is 7.98. The van der Waals surface area contributed by atoms with Gasteiger partial charge in [-0.1, -0.05) is 13.8 Å². The largest absolute Gasteiger partial charge is 0.494 e. The number of benzene rings is 1. The van der Waals surface area contributed by atoms with E-state index in [0.717, 1.165) is 24.4 Å². The maximum atomic E-state index is 12.4. The summed E-state index contributed by atoms with van der Waals surface area (Å²) in [6.45, 7) is 9.85. The Morgan fingerprint density at radius 2 is 1.90 bits per heavy atom. The third-order valence-corrected chi connectivity index (χ3v) is 4.29. The molecule has 1 heterocycles. The molecule has 0 spiro atoms. The number of hydrogen-bond donors (Lipinski definition) is 0. The van der Waals surface area contributed by atoms with E-state index in [1.54, 1.807) is 0 Å². The fourth-order valence-corrected chi connectivity index (χ4v) is 2.84. The van der Waals surface area contributed by atoms with Gasteiger partial charge in [-0.3, -0.25) is 9.69 Å². The van der Waals surface area contributed by atoms with Crippen molar-refractivity contribution in [3.63, 3.8) is 0 Å². The standard InChI is InChI=1S/C18H27NO2/c1-4-21-16-8-6-15(7-9-16)17(20)14-19-12-5-10-18(2,3)11-13-19/h6-9H,4-5,10-14H2,1-3H3. The second-order valence-electron chi connectivity index (χ2n) is 6.67. The first-order valence-corrected chi connectivity index (χ1v) is 7.98. The zero-order valence-electron chi connectivity index (χ0n) is 13.5. The Kier molecular flexibility index (Phi) is 5.40. The maximum Gasteiger partial charge on any atom is 0.176 e. The fraction of sp³-hybridized carbons (Fsp3) is 0.611. The van der Waals surface area contributed by atoms with Gasteiger partial charge in [0, 0.05) is 5.56 Å². The lowest BCUT2D eigenvalue weighted by atomic mass is 9.85. The summed E-state index contributed by atoms with van der Waals surface area (Å²) < 4.78 is 5.41. The van der Waals surface area contributed by atoms with Crippen LogP contribution in [0.1, 0.15) is 50.4 Å². The van der Waals surface area contributed by atoms with Crippen LogP contribution in [0.2, 0.25) is 0 Å². The molecule has 1 aliphatic heterocycles. The molecular weight excluding hydrogens is 262 g/mol. The molecule has 116 valence electrons. The molecule has 1 saturated heterocycles. The molecule has 0 bridgehead atoms. The van der Waals surface area contributed by atoms with Gasteiger partial charge in [-0.15, -0.1) is 0 Å². The van der Waals surface area contributed by atoms with E-state index in [1.165, 1.54) is 19.3 Å². The lowest BCUT2D eigenvalue weighted by molar-refractivity contribution is 0.0930. The van der Waals surface area contributed by atoms with Crippen molar-refractivity contribution in [3.8, 4) is 5.75 Å². The zero-order valence-corrected chi connectivity index (χ0v) is 13.5. The Morgan fingerprint density at radius 1 is 1.19 bits per heavy atom. The summed E-state index contributed by atoms with van der Waals surface area (Å²) in [7, 11) is 0. The van der Waals surface area contributed by atoms with Crippen LogP contribution in [0.15, 0.2) is 24.3 Å². The highest BCUT2D eigenvalue weighted by Gasteiger charge is 2.24. The van der Waals surface area contributed by atoms with Gasteiger partial charge in [0.15, 0.2) is 5.78 Å². The lowest BCUT2D eigenvalue weighted by Crippen LogP contribution is -2.31. The highest BCUT2D eigenvalue weighted by Crippen LogP contribution is 2.29. The molecule has 1 aromatic carbocycles. The summed E-state index contributed by atoms with van der Waals surface area (Å²) in [4.78, 5) is 14.7. The van der Waals surface area contributed by atoms with Crippen molar-refractivity contribution in [2.24, 2.45) is 5.41 Å². The van der Waals surface area contributed by atoms with Gasteiger partial charge < -0.3 is 4.74 Å². The van der Waals surface area contributed by atoms with Gasteiger partial charge in [-0.05, 0) is 69.0 Å². The quantitative estimate of drug-likeness (QED) is 0.773. The number of nitrogens with zero attached hydrogens (tertiary/aromatic N) is 1. The van der Waals surface area contributed by atoms with Crippen molar-refractivity contribution in [1.29, 1.82) is 0 Å². The minimum atomic E-state index is 0.206. The molecule has 3 heteroatoms. The molecule has 0 unspecified atom stereocenters. The van der Waals surface area contributed by atoms with E-state index in [4.69, 9.17) is 4.74 Å². The Bertz CT molecular complexity index is 465. The molecule has 1 aromatic rings. The van der Waals surface area contributed by atoms with Crippen LogP contribution in [0.25, 0.3) is 0 Å².